The fourth-order valence-corrected chi connectivity index (χ4v) is 3.47. The second kappa shape index (κ2) is 5.80. The molecule has 4 nitrogen and oxygen atoms in total. The average Bonchev–Trinajstić information content (AvgIpc) is 2.95. The third-order valence-corrected chi connectivity index (χ3v) is 4.79. The van der Waals surface area contributed by atoms with E-state index in [1.807, 2.05) is 6.92 Å². The van der Waals surface area contributed by atoms with Crippen LogP contribution in [-0.2, 0) is 14.3 Å². The molecule has 1 aliphatic heterocycles. The van der Waals surface area contributed by atoms with Crippen LogP contribution in [0.2, 0.25) is 0 Å². The van der Waals surface area contributed by atoms with Crippen LogP contribution >= 0.6 is 0 Å². The summed E-state index contributed by atoms with van der Waals surface area (Å²) in [5.74, 6) is -0.0875. The van der Waals surface area contributed by atoms with Crippen LogP contribution in [-0.4, -0.2) is 37.4 Å². The molecular weight excluding hydrogens is 242 g/mol. The summed E-state index contributed by atoms with van der Waals surface area (Å²) in [6.45, 7) is 8.25. The summed E-state index contributed by atoms with van der Waals surface area (Å²) >= 11 is 0. The van der Waals surface area contributed by atoms with E-state index in [1.165, 1.54) is 0 Å². The smallest absolute Gasteiger partial charge is 0.326 e. The number of hydrogen-bond donors (Lipinski definition) is 1. The predicted octanol–water partition coefficient (Wildman–Crippen LogP) is 2.27. The number of ether oxygens (including phenoxy) is 2. The first-order chi connectivity index (χ1) is 9.02. The van der Waals surface area contributed by atoms with E-state index < -0.39 is 5.54 Å². The lowest BCUT2D eigenvalue weighted by atomic mass is 9.74. The predicted molar refractivity (Wildman–Crippen MR) is 74.0 cm³/mol. The summed E-state index contributed by atoms with van der Waals surface area (Å²) in [5.41, 5.74) is -0.590. The second-order valence-corrected chi connectivity index (χ2v) is 6.38. The molecule has 0 amide bonds. The molecule has 0 aromatic carbocycles. The maximum absolute atomic E-state index is 12.5. The zero-order chi connectivity index (χ0) is 13.9. The Morgan fingerprint density at radius 3 is 2.68 bits per heavy atom. The highest BCUT2D eigenvalue weighted by Gasteiger charge is 2.55. The quantitative estimate of drug-likeness (QED) is 0.778. The van der Waals surface area contributed by atoms with Crippen LogP contribution in [0.15, 0.2) is 0 Å². The summed E-state index contributed by atoms with van der Waals surface area (Å²) in [6, 6.07) is 0. The zero-order valence-corrected chi connectivity index (χ0v) is 12.5. The molecule has 1 heterocycles. The van der Waals surface area contributed by atoms with Gasteiger partial charge in [-0.2, -0.15) is 0 Å². The molecule has 2 fully saturated rings. The summed E-state index contributed by atoms with van der Waals surface area (Å²) < 4.78 is 11.0. The number of rotatable bonds is 5. The van der Waals surface area contributed by atoms with Crippen LogP contribution < -0.4 is 5.32 Å². The van der Waals surface area contributed by atoms with Crippen molar-refractivity contribution in [1.82, 2.24) is 5.32 Å². The lowest BCUT2D eigenvalue weighted by molar-refractivity contribution is -0.155. The minimum absolute atomic E-state index is 0.0577. The molecule has 0 aromatic rings. The molecule has 0 bridgehead atoms. The maximum atomic E-state index is 12.5. The van der Waals surface area contributed by atoms with E-state index in [0.29, 0.717) is 6.61 Å². The monoisotopic (exact) mass is 269 g/mol. The van der Waals surface area contributed by atoms with Gasteiger partial charge in [0, 0.05) is 13.2 Å². The largest absolute Gasteiger partial charge is 0.465 e. The lowest BCUT2D eigenvalue weighted by Crippen LogP contribution is -2.60. The first-order valence-electron chi connectivity index (χ1n) is 7.56. The number of nitrogens with one attached hydrogen (secondary N) is 1. The minimum atomic E-state index is -0.533. The minimum Gasteiger partial charge on any atom is -0.465 e. The number of hydrogen-bond acceptors (Lipinski definition) is 4. The van der Waals surface area contributed by atoms with Crippen molar-refractivity contribution in [1.29, 1.82) is 0 Å². The Kier molecular flexibility index (Phi) is 4.51. The van der Waals surface area contributed by atoms with E-state index >= 15 is 0 Å². The van der Waals surface area contributed by atoms with Crippen LogP contribution in [0.3, 0.4) is 0 Å². The lowest BCUT2D eigenvalue weighted by Gasteiger charge is -2.40. The van der Waals surface area contributed by atoms with E-state index in [2.05, 4.69) is 19.2 Å². The molecule has 4 heteroatoms. The first-order valence-corrected chi connectivity index (χ1v) is 7.56. The maximum Gasteiger partial charge on any atom is 0.326 e. The Morgan fingerprint density at radius 1 is 1.37 bits per heavy atom. The van der Waals surface area contributed by atoms with Crippen LogP contribution in [0, 0.1) is 5.41 Å². The van der Waals surface area contributed by atoms with Gasteiger partial charge < -0.3 is 9.47 Å². The van der Waals surface area contributed by atoms with Crippen molar-refractivity contribution in [3.8, 4) is 0 Å². The van der Waals surface area contributed by atoms with Gasteiger partial charge in [0.25, 0.3) is 0 Å². The Hall–Kier alpha value is -0.610. The molecule has 2 aliphatic rings. The molecule has 1 saturated heterocycles. The van der Waals surface area contributed by atoms with E-state index in [0.717, 1.165) is 45.3 Å². The average molecular weight is 269 g/mol. The van der Waals surface area contributed by atoms with Crippen LogP contribution in [0.4, 0.5) is 0 Å². The van der Waals surface area contributed by atoms with E-state index in [1.54, 1.807) is 0 Å². The molecule has 1 saturated carbocycles. The van der Waals surface area contributed by atoms with Gasteiger partial charge in [-0.05, 0) is 38.0 Å². The highest BCUT2D eigenvalue weighted by atomic mass is 16.5. The van der Waals surface area contributed by atoms with Gasteiger partial charge in [-0.15, -0.1) is 0 Å². The number of esters is 1. The van der Waals surface area contributed by atoms with Crippen LogP contribution in [0.25, 0.3) is 0 Å². The SMILES string of the molecule is CCOC(=O)C1(NCC2CCCO2)CCCC1(C)C. The standard InChI is InChI=1S/C15H27NO3/c1-4-18-13(17)15(9-6-8-14(15,2)3)16-11-12-7-5-10-19-12/h12,16H,4-11H2,1-3H3. The van der Waals surface area contributed by atoms with Crippen LogP contribution in [0.5, 0.6) is 0 Å². The fourth-order valence-electron chi connectivity index (χ4n) is 3.47. The van der Waals surface area contributed by atoms with Crippen molar-refractivity contribution < 1.29 is 14.3 Å². The molecule has 1 aliphatic carbocycles. The zero-order valence-electron chi connectivity index (χ0n) is 12.5. The third kappa shape index (κ3) is 2.79. The van der Waals surface area contributed by atoms with E-state index in [4.69, 9.17) is 9.47 Å². The van der Waals surface area contributed by atoms with Crippen molar-refractivity contribution in [3.63, 3.8) is 0 Å². The Morgan fingerprint density at radius 2 is 2.16 bits per heavy atom. The van der Waals surface area contributed by atoms with E-state index in [9.17, 15) is 4.79 Å². The van der Waals surface area contributed by atoms with E-state index in [-0.39, 0.29) is 17.5 Å². The molecule has 1 N–H and O–H groups in total. The van der Waals surface area contributed by atoms with Gasteiger partial charge in [0.2, 0.25) is 0 Å². The van der Waals surface area contributed by atoms with Crippen molar-refractivity contribution >= 4 is 5.97 Å². The topological polar surface area (TPSA) is 47.6 Å². The van der Waals surface area contributed by atoms with Gasteiger partial charge in [-0.25, -0.2) is 0 Å². The summed E-state index contributed by atoms with van der Waals surface area (Å²) in [4.78, 5) is 12.5. The molecule has 2 unspecified atom stereocenters. The first kappa shape index (κ1) is 14.8. The Bertz CT molecular complexity index is 323. The van der Waals surface area contributed by atoms with Crippen molar-refractivity contribution in [2.75, 3.05) is 19.8 Å². The summed E-state index contributed by atoms with van der Waals surface area (Å²) in [7, 11) is 0. The van der Waals surface area contributed by atoms with Crippen molar-refractivity contribution in [2.45, 2.75) is 64.5 Å². The molecule has 0 radical (unpaired) electrons. The molecular formula is C15H27NO3. The molecule has 0 aromatic heterocycles. The molecule has 110 valence electrons. The van der Waals surface area contributed by atoms with Gasteiger partial charge >= 0.3 is 5.97 Å². The van der Waals surface area contributed by atoms with Gasteiger partial charge in [-0.3, -0.25) is 10.1 Å². The summed E-state index contributed by atoms with van der Waals surface area (Å²) in [5, 5.41) is 3.51. The molecule has 2 rings (SSSR count). The highest BCUT2D eigenvalue weighted by Crippen LogP contribution is 2.46. The number of carbonyl (C=O) groups excluding carboxylic acids is 1. The molecule has 19 heavy (non-hydrogen) atoms. The van der Waals surface area contributed by atoms with Gasteiger partial charge in [0.15, 0.2) is 0 Å². The third-order valence-electron chi connectivity index (χ3n) is 4.79. The van der Waals surface area contributed by atoms with Gasteiger partial charge in [0.05, 0.1) is 12.7 Å². The number of carbonyl (C=O) groups is 1. The van der Waals surface area contributed by atoms with Crippen molar-refractivity contribution in [3.05, 3.63) is 0 Å². The normalized spacial score (nSPS) is 33.5. The van der Waals surface area contributed by atoms with Gasteiger partial charge in [0.1, 0.15) is 5.54 Å². The molecule has 2 atom stereocenters. The second-order valence-electron chi connectivity index (χ2n) is 6.38. The van der Waals surface area contributed by atoms with Crippen LogP contribution in [0.1, 0.15) is 52.9 Å². The summed E-state index contributed by atoms with van der Waals surface area (Å²) in [6.07, 6.45) is 5.47. The Labute approximate surface area is 116 Å². The van der Waals surface area contributed by atoms with Gasteiger partial charge in [-0.1, -0.05) is 20.3 Å². The Balaban J connectivity index is 2.07. The molecule has 0 spiro atoms. The van der Waals surface area contributed by atoms with Crippen molar-refractivity contribution in [2.24, 2.45) is 5.41 Å². The highest BCUT2D eigenvalue weighted by molar-refractivity contribution is 5.82. The fraction of sp³-hybridized carbons (Fsp3) is 0.933.